The van der Waals surface area contributed by atoms with Gasteiger partial charge in [-0.05, 0) is 18.5 Å². The zero-order valence-electron chi connectivity index (χ0n) is 11.0. The topological polar surface area (TPSA) is 46.3 Å². The van der Waals surface area contributed by atoms with Crippen molar-refractivity contribution in [3.05, 3.63) is 35.9 Å². The van der Waals surface area contributed by atoms with E-state index in [0.717, 1.165) is 19.5 Å². The smallest absolute Gasteiger partial charge is 0.146 e. The molecule has 3 nitrogen and oxygen atoms in total. The van der Waals surface area contributed by atoms with Gasteiger partial charge in [0.15, 0.2) is 0 Å². The molecule has 98 valence electrons. The first-order valence-electron chi connectivity index (χ1n) is 6.75. The lowest BCUT2D eigenvalue weighted by Crippen LogP contribution is -2.48. The third-order valence-corrected chi connectivity index (χ3v) is 3.76. The summed E-state index contributed by atoms with van der Waals surface area (Å²) in [6.07, 6.45) is 1.66. The van der Waals surface area contributed by atoms with Gasteiger partial charge in [0.05, 0.1) is 6.54 Å². The average molecular weight is 246 g/mol. The van der Waals surface area contributed by atoms with Gasteiger partial charge in [-0.25, -0.2) is 0 Å². The second kappa shape index (κ2) is 6.12. The molecular formula is C15H22N2O. The number of piperidine rings is 1. The predicted molar refractivity (Wildman–Crippen MR) is 73.5 cm³/mol. The second-order valence-electron chi connectivity index (χ2n) is 5.10. The van der Waals surface area contributed by atoms with Crippen LogP contribution in [0.1, 0.15) is 31.2 Å². The molecule has 2 atom stereocenters. The molecule has 0 aromatic heterocycles. The Kier molecular flexibility index (Phi) is 4.50. The number of hydrogen-bond donors (Lipinski definition) is 1. The molecule has 0 aliphatic carbocycles. The van der Waals surface area contributed by atoms with E-state index in [9.17, 15) is 4.79 Å². The van der Waals surface area contributed by atoms with Crippen LogP contribution < -0.4 is 5.73 Å². The van der Waals surface area contributed by atoms with Crippen molar-refractivity contribution in [3.8, 4) is 0 Å². The first-order valence-corrected chi connectivity index (χ1v) is 6.75. The Bertz CT molecular complexity index is 391. The van der Waals surface area contributed by atoms with Crippen molar-refractivity contribution in [2.24, 2.45) is 5.73 Å². The van der Waals surface area contributed by atoms with Crippen LogP contribution in [0.2, 0.25) is 0 Å². The van der Waals surface area contributed by atoms with Gasteiger partial charge < -0.3 is 5.73 Å². The van der Waals surface area contributed by atoms with Gasteiger partial charge in [0, 0.05) is 24.9 Å². The molecule has 0 bridgehead atoms. The second-order valence-corrected chi connectivity index (χ2v) is 5.10. The highest BCUT2D eigenvalue weighted by Crippen LogP contribution is 2.26. The van der Waals surface area contributed by atoms with Crippen molar-refractivity contribution in [1.29, 1.82) is 0 Å². The molecule has 1 aliphatic rings. The van der Waals surface area contributed by atoms with Crippen molar-refractivity contribution in [2.75, 3.05) is 19.6 Å². The molecule has 0 amide bonds. The quantitative estimate of drug-likeness (QED) is 0.881. The first kappa shape index (κ1) is 13.2. The van der Waals surface area contributed by atoms with Gasteiger partial charge in [-0.2, -0.15) is 0 Å². The minimum Gasteiger partial charge on any atom is -0.326 e. The zero-order valence-corrected chi connectivity index (χ0v) is 11.0. The van der Waals surface area contributed by atoms with E-state index in [1.807, 2.05) is 13.0 Å². The summed E-state index contributed by atoms with van der Waals surface area (Å²) in [4.78, 5) is 13.6. The highest BCUT2D eigenvalue weighted by Gasteiger charge is 2.28. The Morgan fingerprint density at radius 1 is 1.39 bits per heavy atom. The number of Topliss-reactive ketones (excluding diaryl/α,β-unsaturated/α-hetero) is 1. The molecule has 1 aromatic rings. The van der Waals surface area contributed by atoms with E-state index in [-0.39, 0.29) is 6.04 Å². The maximum absolute atomic E-state index is 11.5. The Balaban J connectivity index is 1.95. The maximum atomic E-state index is 11.5. The molecule has 1 aliphatic heterocycles. The van der Waals surface area contributed by atoms with E-state index >= 15 is 0 Å². The molecule has 2 N–H and O–H groups in total. The van der Waals surface area contributed by atoms with Crippen molar-refractivity contribution < 1.29 is 4.79 Å². The molecule has 0 spiro atoms. The van der Waals surface area contributed by atoms with Crippen molar-refractivity contribution in [1.82, 2.24) is 4.90 Å². The van der Waals surface area contributed by atoms with Gasteiger partial charge in [-0.3, -0.25) is 9.69 Å². The van der Waals surface area contributed by atoms with Crippen molar-refractivity contribution in [3.63, 3.8) is 0 Å². The summed E-state index contributed by atoms with van der Waals surface area (Å²) in [5.41, 5.74) is 7.59. The summed E-state index contributed by atoms with van der Waals surface area (Å²) < 4.78 is 0. The predicted octanol–water partition coefficient (Wildman–Crippen LogP) is 1.78. The van der Waals surface area contributed by atoms with E-state index in [1.165, 1.54) is 5.56 Å². The third kappa shape index (κ3) is 3.18. The maximum Gasteiger partial charge on any atom is 0.146 e. The third-order valence-electron chi connectivity index (χ3n) is 3.76. The number of carbonyl (C=O) groups is 1. The monoisotopic (exact) mass is 246 g/mol. The fourth-order valence-electron chi connectivity index (χ4n) is 2.67. The Morgan fingerprint density at radius 2 is 2.11 bits per heavy atom. The molecule has 1 fully saturated rings. The van der Waals surface area contributed by atoms with E-state index in [1.54, 1.807) is 0 Å². The molecule has 18 heavy (non-hydrogen) atoms. The highest BCUT2D eigenvalue weighted by atomic mass is 16.1. The number of benzene rings is 1. The largest absolute Gasteiger partial charge is 0.326 e. The van der Waals surface area contributed by atoms with Gasteiger partial charge in [0.2, 0.25) is 0 Å². The molecule has 1 aromatic carbocycles. The standard InChI is InChI=1S/C15H22N2O/c1-2-13(18)10-17-9-8-14(15(16)11-17)12-6-4-3-5-7-12/h3-7,14-15H,2,8-11,16H2,1H3/t14?,15-/m0/s1. The van der Waals surface area contributed by atoms with Crippen LogP contribution in [0.15, 0.2) is 30.3 Å². The Labute approximate surface area is 109 Å². The molecule has 0 saturated carbocycles. The molecule has 1 heterocycles. The van der Waals surface area contributed by atoms with Gasteiger partial charge in [0.1, 0.15) is 5.78 Å². The number of carbonyl (C=O) groups excluding carboxylic acids is 1. The zero-order chi connectivity index (χ0) is 13.0. The van der Waals surface area contributed by atoms with Crippen LogP contribution in [0.5, 0.6) is 0 Å². The summed E-state index contributed by atoms with van der Waals surface area (Å²) >= 11 is 0. The van der Waals surface area contributed by atoms with Gasteiger partial charge in [0.25, 0.3) is 0 Å². The van der Waals surface area contributed by atoms with Crippen LogP contribution in [0.25, 0.3) is 0 Å². The minimum absolute atomic E-state index is 0.130. The number of likely N-dealkylation sites (tertiary alicyclic amines) is 1. The normalized spacial score (nSPS) is 25.0. The van der Waals surface area contributed by atoms with E-state index in [0.29, 0.717) is 24.7 Å². The number of hydrogen-bond acceptors (Lipinski definition) is 3. The average Bonchev–Trinajstić information content (AvgIpc) is 2.40. The number of nitrogens with two attached hydrogens (primary N) is 1. The SMILES string of the molecule is CCC(=O)CN1CCC(c2ccccc2)[C@@H](N)C1. The van der Waals surface area contributed by atoms with Crippen LogP contribution in [0.4, 0.5) is 0 Å². The molecular weight excluding hydrogens is 224 g/mol. The highest BCUT2D eigenvalue weighted by molar-refractivity contribution is 5.80. The fraction of sp³-hybridized carbons (Fsp3) is 0.533. The van der Waals surface area contributed by atoms with Crippen molar-refractivity contribution in [2.45, 2.75) is 31.7 Å². The molecule has 1 saturated heterocycles. The van der Waals surface area contributed by atoms with Crippen LogP contribution in [0.3, 0.4) is 0 Å². The number of ketones is 1. The van der Waals surface area contributed by atoms with Crippen LogP contribution in [-0.4, -0.2) is 36.4 Å². The van der Waals surface area contributed by atoms with Crippen LogP contribution in [-0.2, 0) is 4.79 Å². The van der Waals surface area contributed by atoms with Crippen LogP contribution in [0, 0.1) is 0 Å². The summed E-state index contributed by atoms with van der Waals surface area (Å²) in [5, 5.41) is 0. The lowest BCUT2D eigenvalue weighted by atomic mass is 9.86. The molecule has 1 unspecified atom stereocenters. The molecule has 2 rings (SSSR count). The summed E-state index contributed by atoms with van der Waals surface area (Å²) in [7, 11) is 0. The van der Waals surface area contributed by atoms with E-state index in [2.05, 4.69) is 29.2 Å². The summed E-state index contributed by atoms with van der Waals surface area (Å²) in [6, 6.07) is 10.6. The lowest BCUT2D eigenvalue weighted by molar-refractivity contribution is -0.120. The fourth-order valence-corrected chi connectivity index (χ4v) is 2.67. The summed E-state index contributed by atoms with van der Waals surface area (Å²) in [6.45, 7) is 4.27. The minimum atomic E-state index is 0.130. The first-order chi connectivity index (χ1) is 8.70. The molecule has 0 radical (unpaired) electrons. The van der Waals surface area contributed by atoms with E-state index < -0.39 is 0 Å². The number of rotatable bonds is 4. The van der Waals surface area contributed by atoms with Gasteiger partial charge >= 0.3 is 0 Å². The van der Waals surface area contributed by atoms with E-state index in [4.69, 9.17) is 5.73 Å². The lowest BCUT2D eigenvalue weighted by Gasteiger charge is -2.36. The van der Waals surface area contributed by atoms with Crippen LogP contribution >= 0.6 is 0 Å². The Morgan fingerprint density at radius 3 is 2.72 bits per heavy atom. The van der Waals surface area contributed by atoms with Crippen molar-refractivity contribution >= 4 is 5.78 Å². The Hall–Kier alpha value is -1.19. The molecule has 3 heteroatoms. The number of nitrogens with zero attached hydrogens (tertiary/aromatic N) is 1. The van der Waals surface area contributed by atoms with Gasteiger partial charge in [-0.15, -0.1) is 0 Å². The summed E-state index contributed by atoms with van der Waals surface area (Å²) in [5.74, 6) is 0.736. The van der Waals surface area contributed by atoms with Gasteiger partial charge in [-0.1, -0.05) is 37.3 Å².